The van der Waals surface area contributed by atoms with Gasteiger partial charge in [-0.25, -0.2) is 24.9 Å². The summed E-state index contributed by atoms with van der Waals surface area (Å²) >= 11 is 0. The number of hydrogen-bond acceptors (Lipinski definition) is 7. The van der Waals surface area contributed by atoms with E-state index in [4.69, 9.17) is 4.98 Å². The fourth-order valence-electron chi connectivity index (χ4n) is 4.60. The molecule has 4 aromatic rings. The van der Waals surface area contributed by atoms with Crippen LogP contribution in [0.1, 0.15) is 54.9 Å². The average molecular weight is 416 g/mol. The number of hydrogen-bond donors (Lipinski definition) is 2. The summed E-state index contributed by atoms with van der Waals surface area (Å²) in [5, 5.41) is 11.5. The molecule has 0 aliphatic heterocycles. The standard InChI is InChI=1S/C22H25N9/c1-3-31-21(14-9-23-12(2)24-10-14)28-19-20(25-11-26-22(19)31)27-15-6-7-17-16(8-15)18(30-29-17)13-4-5-13/h9-11,13,15H,3-8H2,1-2H3,(H,29,30)(H,25,26,27). The summed E-state index contributed by atoms with van der Waals surface area (Å²) in [6.07, 6.45) is 10.8. The lowest BCUT2D eigenvalue weighted by Crippen LogP contribution is -2.28. The van der Waals surface area contributed by atoms with E-state index in [0.717, 1.165) is 60.0 Å². The first-order valence-corrected chi connectivity index (χ1v) is 11.0. The van der Waals surface area contributed by atoms with Crippen molar-refractivity contribution in [2.45, 2.75) is 64.5 Å². The highest BCUT2D eigenvalue weighted by Gasteiger charge is 2.33. The van der Waals surface area contributed by atoms with Crippen LogP contribution in [0.2, 0.25) is 0 Å². The minimum Gasteiger partial charge on any atom is -0.365 e. The highest BCUT2D eigenvalue weighted by atomic mass is 15.2. The number of nitrogens with one attached hydrogen (secondary N) is 2. The first kappa shape index (κ1) is 18.4. The number of fused-ring (bicyclic) bond motifs is 2. The molecule has 2 aliphatic carbocycles. The summed E-state index contributed by atoms with van der Waals surface area (Å²) in [5.41, 5.74) is 6.50. The van der Waals surface area contributed by atoms with Crippen molar-refractivity contribution in [2.24, 2.45) is 0 Å². The third-order valence-electron chi connectivity index (χ3n) is 6.37. The molecule has 1 atom stereocenters. The zero-order valence-electron chi connectivity index (χ0n) is 17.8. The molecule has 0 saturated heterocycles. The van der Waals surface area contributed by atoms with Crippen LogP contribution >= 0.6 is 0 Å². The van der Waals surface area contributed by atoms with Gasteiger partial charge in [0.15, 0.2) is 17.0 Å². The lowest BCUT2D eigenvalue weighted by atomic mass is 9.90. The molecule has 2 aliphatic rings. The van der Waals surface area contributed by atoms with Crippen LogP contribution in [0.25, 0.3) is 22.6 Å². The lowest BCUT2D eigenvalue weighted by molar-refractivity contribution is 0.600. The van der Waals surface area contributed by atoms with E-state index in [9.17, 15) is 0 Å². The Morgan fingerprint density at radius 2 is 1.97 bits per heavy atom. The van der Waals surface area contributed by atoms with Crippen LogP contribution < -0.4 is 5.32 Å². The molecule has 31 heavy (non-hydrogen) atoms. The Morgan fingerprint density at radius 3 is 2.74 bits per heavy atom. The first-order chi connectivity index (χ1) is 15.2. The van der Waals surface area contributed by atoms with E-state index in [2.05, 4.69) is 46.9 Å². The molecular weight excluding hydrogens is 390 g/mol. The molecule has 0 bridgehead atoms. The van der Waals surface area contributed by atoms with E-state index in [1.165, 1.54) is 29.8 Å². The third kappa shape index (κ3) is 3.15. The molecule has 9 heteroatoms. The summed E-state index contributed by atoms with van der Waals surface area (Å²) < 4.78 is 2.09. The van der Waals surface area contributed by atoms with Gasteiger partial charge in [-0.2, -0.15) is 5.10 Å². The predicted molar refractivity (Wildman–Crippen MR) is 117 cm³/mol. The van der Waals surface area contributed by atoms with Crippen molar-refractivity contribution >= 4 is 17.0 Å². The molecule has 6 rings (SSSR count). The van der Waals surface area contributed by atoms with Crippen molar-refractivity contribution in [3.8, 4) is 11.4 Å². The van der Waals surface area contributed by atoms with Gasteiger partial charge in [-0.1, -0.05) is 0 Å². The predicted octanol–water partition coefficient (Wildman–Crippen LogP) is 3.18. The second-order valence-corrected chi connectivity index (χ2v) is 8.52. The lowest BCUT2D eigenvalue weighted by Gasteiger charge is -2.24. The maximum Gasteiger partial charge on any atom is 0.165 e. The van der Waals surface area contributed by atoms with E-state index in [0.29, 0.717) is 12.0 Å². The number of aromatic amines is 1. The van der Waals surface area contributed by atoms with Crippen LogP contribution in [0.3, 0.4) is 0 Å². The Labute approximate surface area is 179 Å². The van der Waals surface area contributed by atoms with Crippen molar-refractivity contribution in [1.82, 2.24) is 39.7 Å². The quantitative estimate of drug-likeness (QED) is 0.515. The van der Waals surface area contributed by atoms with Crippen LogP contribution in [0, 0.1) is 6.92 Å². The molecule has 1 fully saturated rings. The number of aryl methyl sites for hydroxylation is 3. The van der Waals surface area contributed by atoms with E-state index < -0.39 is 0 Å². The molecular formula is C22H25N9. The van der Waals surface area contributed by atoms with Gasteiger partial charge in [0.1, 0.15) is 18.0 Å². The fourth-order valence-corrected chi connectivity index (χ4v) is 4.60. The van der Waals surface area contributed by atoms with E-state index in [1.807, 2.05) is 19.3 Å². The van der Waals surface area contributed by atoms with Gasteiger partial charge in [0.25, 0.3) is 0 Å². The number of nitrogens with zero attached hydrogens (tertiary/aromatic N) is 7. The number of imidazole rings is 1. The van der Waals surface area contributed by atoms with Crippen LogP contribution in [0.5, 0.6) is 0 Å². The molecule has 4 heterocycles. The van der Waals surface area contributed by atoms with Crippen LogP contribution in [0.4, 0.5) is 5.82 Å². The summed E-state index contributed by atoms with van der Waals surface area (Å²) in [5.74, 6) is 3.00. The minimum atomic E-state index is 0.304. The second kappa shape index (κ2) is 7.11. The Kier molecular flexibility index (Phi) is 4.22. The molecule has 0 aromatic carbocycles. The summed E-state index contributed by atoms with van der Waals surface area (Å²) in [4.78, 5) is 22.7. The number of anilines is 1. The Morgan fingerprint density at radius 1 is 1.13 bits per heavy atom. The van der Waals surface area contributed by atoms with Crippen LogP contribution in [-0.2, 0) is 19.4 Å². The molecule has 0 amide bonds. The van der Waals surface area contributed by atoms with Gasteiger partial charge in [0, 0.05) is 36.6 Å². The van der Waals surface area contributed by atoms with E-state index >= 15 is 0 Å². The zero-order chi connectivity index (χ0) is 20.9. The molecule has 2 N–H and O–H groups in total. The zero-order valence-corrected chi connectivity index (χ0v) is 17.8. The number of aromatic nitrogens is 8. The molecule has 0 radical (unpaired) electrons. The first-order valence-electron chi connectivity index (χ1n) is 11.0. The molecule has 1 unspecified atom stereocenters. The molecule has 9 nitrogen and oxygen atoms in total. The normalized spacial score (nSPS) is 18.3. The maximum absolute atomic E-state index is 4.92. The molecule has 158 valence electrons. The van der Waals surface area contributed by atoms with E-state index in [1.54, 1.807) is 6.33 Å². The highest BCUT2D eigenvalue weighted by Crippen LogP contribution is 2.42. The van der Waals surface area contributed by atoms with Gasteiger partial charge >= 0.3 is 0 Å². The molecule has 1 saturated carbocycles. The Bertz CT molecular complexity index is 1250. The van der Waals surface area contributed by atoms with Crippen LogP contribution in [0.15, 0.2) is 18.7 Å². The van der Waals surface area contributed by atoms with Gasteiger partial charge < -0.3 is 9.88 Å². The summed E-state index contributed by atoms with van der Waals surface area (Å²) in [6.45, 7) is 4.73. The highest BCUT2D eigenvalue weighted by molar-refractivity contribution is 5.86. The van der Waals surface area contributed by atoms with Crippen LogP contribution in [-0.4, -0.2) is 45.7 Å². The smallest absolute Gasteiger partial charge is 0.165 e. The van der Waals surface area contributed by atoms with Crippen molar-refractivity contribution in [3.63, 3.8) is 0 Å². The van der Waals surface area contributed by atoms with Gasteiger partial charge in [-0.05, 0) is 51.5 Å². The minimum absolute atomic E-state index is 0.304. The fraction of sp³-hybridized carbons (Fsp3) is 0.455. The number of rotatable bonds is 5. The summed E-state index contributed by atoms with van der Waals surface area (Å²) in [7, 11) is 0. The van der Waals surface area contributed by atoms with Crippen molar-refractivity contribution < 1.29 is 0 Å². The largest absolute Gasteiger partial charge is 0.365 e. The van der Waals surface area contributed by atoms with Gasteiger partial charge in [-0.3, -0.25) is 5.10 Å². The Hall–Kier alpha value is -3.36. The van der Waals surface area contributed by atoms with Crippen molar-refractivity contribution in [3.05, 3.63) is 41.5 Å². The SMILES string of the molecule is CCn1c(-c2cnc(C)nc2)nc2c(NC3CCc4[nH]nc(C5CC5)c4C3)ncnc21. The Balaban J connectivity index is 1.34. The maximum atomic E-state index is 4.92. The third-order valence-corrected chi connectivity index (χ3v) is 6.37. The monoisotopic (exact) mass is 415 g/mol. The summed E-state index contributed by atoms with van der Waals surface area (Å²) in [6, 6.07) is 0.304. The molecule has 4 aromatic heterocycles. The van der Waals surface area contributed by atoms with Gasteiger partial charge in [-0.15, -0.1) is 0 Å². The average Bonchev–Trinajstić information content (AvgIpc) is 3.43. The van der Waals surface area contributed by atoms with Gasteiger partial charge in [0.2, 0.25) is 0 Å². The molecule has 0 spiro atoms. The second-order valence-electron chi connectivity index (χ2n) is 8.52. The van der Waals surface area contributed by atoms with Crippen molar-refractivity contribution in [1.29, 1.82) is 0 Å². The van der Waals surface area contributed by atoms with E-state index in [-0.39, 0.29) is 0 Å². The topological polar surface area (TPSA) is 110 Å². The number of H-pyrrole nitrogens is 1. The van der Waals surface area contributed by atoms with Crippen molar-refractivity contribution in [2.75, 3.05) is 5.32 Å². The van der Waals surface area contributed by atoms with Gasteiger partial charge in [0.05, 0.1) is 11.3 Å².